The molecule has 1 unspecified atom stereocenters. The van der Waals surface area contributed by atoms with Crippen LogP contribution in [0.3, 0.4) is 0 Å². The molecule has 7 nitrogen and oxygen atoms in total. The van der Waals surface area contributed by atoms with Gasteiger partial charge in [-0.25, -0.2) is 8.42 Å². The molecule has 1 atom stereocenters. The van der Waals surface area contributed by atoms with E-state index in [4.69, 9.17) is 4.74 Å². The van der Waals surface area contributed by atoms with Crippen LogP contribution in [0.1, 0.15) is 36.5 Å². The van der Waals surface area contributed by atoms with Crippen molar-refractivity contribution in [2.24, 2.45) is 0 Å². The summed E-state index contributed by atoms with van der Waals surface area (Å²) in [5.74, 6) is 0.0148. The second kappa shape index (κ2) is 9.03. The topological polar surface area (TPSA) is 79.0 Å². The minimum atomic E-state index is -3.36. The minimum Gasteiger partial charge on any atom is -0.377 e. The van der Waals surface area contributed by atoms with Crippen LogP contribution in [0.15, 0.2) is 24.3 Å². The zero-order chi connectivity index (χ0) is 19.3. The molecule has 0 aliphatic carbocycles. The summed E-state index contributed by atoms with van der Waals surface area (Å²) in [6.07, 6.45) is 3.14. The van der Waals surface area contributed by atoms with E-state index >= 15 is 0 Å². The van der Waals surface area contributed by atoms with Gasteiger partial charge in [0, 0.05) is 50.6 Å². The number of amides is 1. The number of nitrogens with one attached hydrogen (secondary N) is 1. The maximum atomic E-state index is 12.8. The first kappa shape index (κ1) is 20.1. The molecule has 1 aromatic rings. The van der Waals surface area contributed by atoms with E-state index < -0.39 is 10.0 Å². The average molecular weight is 396 g/mol. The molecule has 2 aliphatic heterocycles. The highest BCUT2D eigenvalue weighted by Crippen LogP contribution is 2.17. The number of rotatable bonds is 7. The highest BCUT2D eigenvalue weighted by Gasteiger charge is 2.25. The highest BCUT2D eigenvalue weighted by molar-refractivity contribution is 7.92. The number of carbonyl (C=O) groups is 1. The Hall–Kier alpha value is -1.64. The smallest absolute Gasteiger partial charge is 0.254 e. The zero-order valence-electron chi connectivity index (χ0n) is 15.9. The first-order valence-electron chi connectivity index (χ1n) is 9.70. The van der Waals surface area contributed by atoms with Gasteiger partial charge in [0.1, 0.15) is 0 Å². The Kier molecular flexibility index (Phi) is 6.73. The Labute approximate surface area is 161 Å². The monoisotopic (exact) mass is 395 g/mol. The number of benzene rings is 1. The van der Waals surface area contributed by atoms with E-state index in [9.17, 15) is 13.2 Å². The number of hydrogen-bond donors (Lipinski definition) is 1. The van der Waals surface area contributed by atoms with E-state index in [1.165, 1.54) is 0 Å². The van der Waals surface area contributed by atoms with Gasteiger partial charge < -0.3 is 9.64 Å². The lowest BCUT2D eigenvalue weighted by Gasteiger charge is -2.35. The lowest BCUT2D eigenvalue weighted by Crippen LogP contribution is -2.50. The molecule has 1 N–H and O–H groups in total. The van der Waals surface area contributed by atoms with E-state index in [-0.39, 0.29) is 11.7 Å². The van der Waals surface area contributed by atoms with Crippen LogP contribution in [0.5, 0.6) is 0 Å². The van der Waals surface area contributed by atoms with Gasteiger partial charge in [-0.05, 0) is 37.5 Å². The summed E-state index contributed by atoms with van der Waals surface area (Å²) in [4.78, 5) is 17.0. The van der Waals surface area contributed by atoms with Gasteiger partial charge in [-0.2, -0.15) is 0 Å². The quantitative estimate of drug-likeness (QED) is 0.761. The molecule has 0 aromatic heterocycles. The molecule has 27 heavy (non-hydrogen) atoms. The maximum absolute atomic E-state index is 12.8. The normalized spacial score (nSPS) is 21.4. The summed E-state index contributed by atoms with van der Waals surface area (Å²) in [6, 6.07) is 6.74. The zero-order valence-corrected chi connectivity index (χ0v) is 16.7. The number of ether oxygens (including phenoxy) is 1. The van der Waals surface area contributed by atoms with E-state index in [0.29, 0.717) is 36.9 Å². The third-order valence-electron chi connectivity index (χ3n) is 5.00. The van der Waals surface area contributed by atoms with E-state index in [1.54, 1.807) is 24.3 Å². The SMILES string of the molecule is CCCS(=O)(=O)Nc1cccc(C(=O)N2CCN(CC3CCCO3)CC2)c1. The molecule has 0 bridgehead atoms. The molecule has 1 amide bonds. The molecular weight excluding hydrogens is 366 g/mol. The standard InChI is InChI=1S/C19H29N3O4S/c1-2-13-27(24,25)20-17-6-3-5-16(14-17)19(23)22-10-8-21(9-11-22)15-18-7-4-12-26-18/h3,5-6,14,18,20H,2,4,7-13,15H2,1H3. The molecule has 0 spiro atoms. The van der Waals surface area contributed by atoms with Crippen LogP contribution in [0.25, 0.3) is 0 Å². The van der Waals surface area contributed by atoms with E-state index in [1.807, 2.05) is 11.8 Å². The Balaban J connectivity index is 1.56. The predicted molar refractivity (Wildman–Crippen MR) is 105 cm³/mol. The van der Waals surface area contributed by atoms with Gasteiger partial charge in [0.15, 0.2) is 0 Å². The van der Waals surface area contributed by atoms with Gasteiger partial charge in [-0.3, -0.25) is 14.4 Å². The summed E-state index contributed by atoms with van der Waals surface area (Å²) in [5, 5.41) is 0. The van der Waals surface area contributed by atoms with Crippen molar-refractivity contribution in [1.29, 1.82) is 0 Å². The van der Waals surface area contributed by atoms with Crippen molar-refractivity contribution < 1.29 is 17.9 Å². The molecule has 2 saturated heterocycles. The van der Waals surface area contributed by atoms with Crippen molar-refractivity contribution in [1.82, 2.24) is 9.80 Å². The lowest BCUT2D eigenvalue weighted by atomic mass is 10.1. The largest absolute Gasteiger partial charge is 0.377 e. The second-order valence-electron chi connectivity index (χ2n) is 7.23. The molecular formula is C19H29N3O4S. The Morgan fingerprint density at radius 2 is 2.04 bits per heavy atom. The van der Waals surface area contributed by atoms with Crippen molar-refractivity contribution in [2.75, 3.05) is 49.8 Å². The lowest BCUT2D eigenvalue weighted by molar-refractivity contribution is 0.0433. The third-order valence-corrected chi connectivity index (χ3v) is 6.49. The van der Waals surface area contributed by atoms with Gasteiger partial charge in [0.25, 0.3) is 5.91 Å². The van der Waals surface area contributed by atoms with Crippen LogP contribution >= 0.6 is 0 Å². The van der Waals surface area contributed by atoms with Crippen molar-refractivity contribution in [2.45, 2.75) is 32.3 Å². The number of carbonyl (C=O) groups excluding carboxylic acids is 1. The number of sulfonamides is 1. The first-order valence-corrected chi connectivity index (χ1v) is 11.4. The number of anilines is 1. The Morgan fingerprint density at radius 1 is 1.26 bits per heavy atom. The van der Waals surface area contributed by atoms with Crippen LogP contribution in [-0.4, -0.2) is 75.3 Å². The molecule has 0 saturated carbocycles. The van der Waals surface area contributed by atoms with Crippen LogP contribution in [0.4, 0.5) is 5.69 Å². The van der Waals surface area contributed by atoms with Gasteiger partial charge in [0.05, 0.1) is 11.9 Å². The molecule has 3 rings (SSSR count). The summed E-state index contributed by atoms with van der Waals surface area (Å²) in [6.45, 7) is 6.66. The molecule has 8 heteroatoms. The summed E-state index contributed by atoms with van der Waals surface area (Å²) in [7, 11) is -3.36. The van der Waals surface area contributed by atoms with Crippen LogP contribution in [0, 0.1) is 0 Å². The summed E-state index contributed by atoms with van der Waals surface area (Å²) in [5.41, 5.74) is 0.950. The van der Waals surface area contributed by atoms with E-state index in [2.05, 4.69) is 9.62 Å². The van der Waals surface area contributed by atoms with Crippen LogP contribution in [0.2, 0.25) is 0 Å². The first-order chi connectivity index (χ1) is 13.0. The fraction of sp³-hybridized carbons (Fsp3) is 0.632. The second-order valence-corrected chi connectivity index (χ2v) is 9.07. The van der Waals surface area contributed by atoms with Crippen LogP contribution in [-0.2, 0) is 14.8 Å². The highest BCUT2D eigenvalue weighted by atomic mass is 32.2. The third kappa shape index (κ3) is 5.67. The van der Waals surface area contributed by atoms with Crippen molar-refractivity contribution >= 4 is 21.6 Å². The summed E-state index contributed by atoms with van der Waals surface area (Å²) >= 11 is 0. The number of hydrogen-bond acceptors (Lipinski definition) is 5. The predicted octanol–water partition coefficient (Wildman–Crippen LogP) is 1.78. The van der Waals surface area contributed by atoms with Crippen molar-refractivity contribution in [3.8, 4) is 0 Å². The van der Waals surface area contributed by atoms with Gasteiger partial charge in [0.2, 0.25) is 10.0 Å². The fourth-order valence-corrected chi connectivity index (χ4v) is 4.73. The average Bonchev–Trinajstić information content (AvgIpc) is 3.14. The fourth-order valence-electron chi connectivity index (χ4n) is 3.61. The van der Waals surface area contributed by atoms with E-state index in [0.717, 1.165) is 39.1 Å². The molecule has 1 aromatic carbocycles. The van der Waals surface area contributed by atoms with Gasteiger partial charge in [-0.15, -0.1) is 0 Å². The molecule has 0 radical (unpaired) electrons. The van der Waals surface area contributed by atoms with Crippen LogP contribution < -0.4 is 4.72 Å². The molecule has 2 heterocycles. The summed E-state index contributed by atoms with van der Waals surface area (Å²) < 4.78 is 32.1. The minimum absolute atomic E-state index is 0.0525. The number of nitrogens with zero attached hydrogens (tertiary/aromatic N) is 2. The maximum Gasteiger partial charge on any atom is 0.254 e. The Bertz CT molecular complexity index is 739. The van der Waals surface area contributed by atoms with Gasteiger partial charge in [-0.1, -0.05) is 13.0 Å². The molecule has 2 fully saturated rings. The van der Waals surface area contributed by atoms with Gasteiger partial charge >= 0.3 is 0 Å². The van der Waals surface area contributed by atoms with Crippen molar-refractivity contribution in [3.63, 3.8) is 0 Å². The number of piperazine rings is 1. The Morgan fingerprint density at radius 3 is 2.70 bits per heavy atom. The molecule has 150 valence electrons. The van der Waals surface area contributed by atoms with Crippen molar-refractivity contribution in [3.05, 3.63) is 29.8 Å². The molecule has 2 aliphatic rings.